The molecule has 0 aliphatic carbocycles. The van der Waals surface area contributed by atoms with Crippen LogP contribution in [-0.4, -0.2) is 116 Å². The first-order valence-electron chi connectivity index (χ1n) is 15.9. The zero-order valence-electron chi connectivity index (χ0n) is 32.8. The molecule has 0 radical (unpaired) electrons. The van der Waals surface area contributed by atoms with Crippen LogP contribution in [0, 0.1) is 0 Å². The van der Waals surface area contributed by atoms with Crippen molar-refractivity contribution < 1.29 is 0 Å². The van der Waals surface area contributed by atoms with Gasteiger partial charge in [-0.3, -0.25) is 0 Å². The summed E-state index contributed by atoms with van der Waals surface area (Å²) in [6.07, 6.45) is 2.24. The summed E-state index contributed by atoms with van der Waals surface area (Å²) >= 11 is -3.29. The molecular formula is C28H78N4Sb2Si7. The Bertz CT molecular complexity index is 724. The second-order valence-electron chi connectivity index (χ2n) is 18.9. The third-order valence-electron chi connectivity index (χ3n) is 6.51. The van der Waals surface area contributed by atoms with Crippen molar-refractivity contribution in [3.05, 3.63) is 12.7 Å². The van der Waals surface area contributed by atoms with Crippen molar-refractivity contribution >= 4 is 99.2 Å². The van der Waals surface area contributed by atoms with Gasteiger partial charge in [-0.1, -0.05) is 0 Å². The van der Waals surface area contributed by atoms with Gasteiger partial charge in [0.1, 0.15) is 0 Å². The van der Waals surface area contributed by atoms with Crippen LogP contribution in [0.2, 0.25) is 146 Å². The second-order valence-corrected chi connectivity index (χ2v) is 74.9. The second kappa shape index (κ2) is 16.2. The van der Waals surface area contributed by atoms with Gasteiger partial charge in [-0.25, -0.2) is 0 Å². The molecule has 0 fully saturated rings. The summed E-state index contributed by atoms with van der Waals surface area (Å²) in [6.45, 7) is 62.8. The van der Waals surface area contributed by atoms with E-state index in [9.17, 15) is 0 Å². The molecule has 0 aromatic rings. The van der Waals surface area contributed by atoms with E-state index in [-0.39, 0.29) is 0 Å². The number of rotatable bonds is 14. The Balaban J connectivity index is 0. The van der Waals surface area contributed by atoms with E-state index in [1.165, 1.54) is 4.37 Å². The van der Waals surface area contributed by atoms with Gasteiger partial charge >= 0.3 is 288 Å². The van der Waals surface area contributed by atoms with E-state index in [1.807, 2.05) is 0 Å². The van der Waals surface area contributed by atoms with E-state index >= 15 is 0 Å². The molecule has 0 aromatic heterocycles. The minimum atomic E-state index is -1.72. The molecule has 0 bridgehead atoms. The van der Waals surface area contributed by atoms with Crippen LogP contribution in [0.1, 0.15) is 13.8 Å². The van der Waals surface area contributed by atoms with Gasteiger partial charge in [0, 0.05) is 0 Å². The van der Waals surface area contributed by atoms with Gasteiger partial charge in [0.25, 0.3) is 0 Å². The third kappa shape index (κ3) is 15.5. The van der Waals surface area contributed by atoms with Crippen LogP contribution in [0.25, 0.3) is 0 Å². The van der Waals surface area contributed by atoms with Crippen molar-refractivity contribution in [3.8, 4) is 0 Å². The molecule has 0 rings (SSSR count). The molecule has 0 spiro atoms. The predicted octanol–water partition coefficient (Wildman–Crippen LogP) is 10.2. The molecule has 13 heteroatoms. The summed E-state index contributed by atoms with van der Waals surface area (Å²) in [5.41, 5.74) is 0. The fourth-order valence-electron chi connectivity index (χ4n) is 6.41. The molecule has 0 aliphatic rings. The topological polar surface area (TPSA) is 13.0 Å². The number of nitrogens with zero attached hydrogens (tertiary/aromatic N) is 4. The van der Waals surface area contributed by atoms with Crippen molar-refractivity contribution in [2.45, 2.75) is 160 Å². The number of hydrogen-bond donors (Lipinski definition) is 0. The predicted molar refractivity (Wildman–Crippen MR) is 218 cm³/mol. The van der Waals surface area contributed by atoms with Crippen molar-refractivity contribution in [1.29, 1.82) is 0 Å². The summed E-state index contributed by atoms with van der Waals surface area (Å²) in [6, 6.07) is 0. The molecule has 0 amide bonds. The Hall–Kier alpha value is 2.73. The van der Waals surface area contributed by atoms with Crippen molar-refractivity contribution in [3.63, 3.8) is 0 Å². The molecule has 41 heavy (non-hydrogen) atoms. The molecule has 0 unspecified atom stereocenters. The van der Waals surface area contributed by atoms with Gasteiger partial charge in [-0.15, -0.1) is 0 Å². The molecule has 0 aromatic carbocycles. The summed E-state index contributed by atoms with van der Waals surface area (Å²) in [4.78, 5) is 0. The van der Waals surface area contributed by atoms with Crippen molar-refractivity contribution in [2.24, 2.45) is 0 Å². The quantitative estimate of drug-likeness (QED) is 0.127. The molecule has 0 atom stereocenters. The van der Waals surface area contributed by atoms with Crippen LogP contribution in [0.5, 0.6) is 0 Å². The fourth-order valence-corrected chi connectivity index (χ4v) is 96.1. The van der Waals surface area contributed by atoms with E-state index in [0.29, 0.717) is 0 Å². The first-order chi connectivity index (χ1) is 17.5. The van der Waals surface area contributed by atoms with Gasteiger partial charge < -0.3 is 0 Å². The molecule has 0 saturated carbocycles. The average Bonchev–Trinajstić information content (AvgIpc) is 2.58. The Morgan fingerprint density at radius 2 is 0.732 bits per heavy atom. The fraction of sp³-hybridized carbons (Fsp3) is 0.929. The van der Waals surface area contributed by atoms with E-state index in [2.05, 4.69) is 181 Å². The van der Waals surface area contributed by atoms with Gasteiger partial charge in [-0.05, 0) is 0 Å². The Kier molecular flexibility index (Phi) is 18.1. The van der Waals surface area contributed by atoms with Crippen LogP contribution in [0.3, 0.4) is 0 Å². The molecule has 248 valence electrons. The Morgan fingerprint density at radius 1 is 0.488 bits per heavy atom. The molecular weight excluding hydrogens is 832 g/mol. The molecule has 0 heterocycles. The maximum atomic E-state index is 4.15. The summed E-state index contributed by atoms with van der Waals surface area (Å²) in [5.74, 6) is 0. The van der Waals surface area contributed by atoms with E-state index in [1.54, 1.807) is 0 Å². The third-order valence-corrected chi connectivity index (χ3v) is 84.3. The molecule has 0 N–H and O–H groups in total. The maximum absolute atomic E-state index is 4.15. The summed E-state index contributed by atoms with van der Waals surface area (Å²) in [7, 11) is -6.45. The van der Waals surface area contributed by atoms with E-state index < -0.39 is 99.2 Å². The first-order valence-corrected chi connectivity index (χ1v) is 47.8. The summed E-state index contributed by atoms with van der Waals surface area (Å²) < 4.78 is 14.6. The summed E-state index contributed by atoms with van der Waals surface area (Å²) in [5, 5.41) is 0. The molecule has 0 aliphatic heterocycles. The van der Waals surface area contributed by atoms with Gasteiger partial charge in [0.15, 0.2) is 0 Å². The van der Waals surface area contributed by atoms with Crippen LogP contribution in [0.4, 0.5) is 0 Å². The zero-order valence-corrected chi connectivity index (χ0v) is 44.9. The van der Waals surface area contributed by atoms with Gasteiger partial charge in [0.2, 0.25) is 0 Å². The standard InChI is InChI=1S/3C6H18NSi2.C4H12NSi.C3H7.C3H5.2Sb/c3*1-8(2,3)7-9(4,5)6;1-5-6(2,3)4;2*1-3-2;;/h3*1-6H3;1-4H3;3H,1-2H3;3H,1-2H2;;/q4*-1;;;2*+2. The van der Waals surface area contributed by atoms with Gasteiger partial charge in [0.05, 0.1) is 0 Å². The number of hydrogen-bond acceptors (Lipinski definition) is 4. The van der Waals surface area contributed by atoms with Crippen LogP contribution in [-0.2, 0) is 0 Å². The normalized spacial score (nSPS) is 15.1. The van der Waals surface area contributed by atoms with Crippen molar-refractivity contribution in [2.75, 3.05) is 7.05 Å². The molecule has 4 nitrogen and oxygen atoms in total. The average molecular weight is 911 g/mol. The van der Waals surface area contributed by atoms with Crippen LogP contribution in [0.15, 0.2) is 12.7 Å². The minimum absolute atomic E-state index is 0.873. The molecule has 0 saturated heterocycles. The Labute approximate surface area is 285 Å². The Morgan fingerprint density at radius 3 is 0.878 bits per heavy atom. The number of allylic oxidation sites excluding steroid dienone is 1. The SMILES string of the molecule is C=C[CH2][Sb]([N]([Si](C)(C)C)[Si](C)(C)C)[N]([Si](C)(C)C)[Si](C)(C)C.C[CH](C)[Sb]([N](C)[Si](C)(C)C)[N]([Si](C)(C)C)[Si](C)(C)C. The first kappa shape index (κ1) is 45.9. The zero-order chi connectivity index (χ0) is 34.0. The van der Waals surface area contributed by atoms with Gasteiger partial charge in [-0.2, -0.15) is 0 Å². The van der Waals surface area contributed by atoms with Crippen molar-refractivity contribution in [1.82, 2.24) is 9.90 Å². The monoisotopic (exact) mass is 908 g/mol. The van der Waals surface area contributed by atoms with E-state index in [4.69, 9.17) is 0 Å². The van der Waals surface area contributed by atoms with Crippen LogP contribution >= 0.6 is 0 Å². The van der Waals surface area contributed by atoms with Crippen LogP contribution < -0.4 is 0 Å². The van der Waals surface area contributed by atoms with E-state index in [0.717, 1.165) is 3.86 Å².